The van der Waals surface area contributed by atoms with Gasteiger partial charge in [-0.2, -0.15) is 0 Å². The highest BCUT2D eigenvalue weighted by Crippen LogP contribution is 2.13. The summed E-state index contributed by atoms with van der Waals surface area (Å²) in [6.45, 7) is 5.62. The first kappa shape index (κ1) is 9.90. The van der Waals surface area contributed by atoms with Crippen molar-refractivity contribution in [3.8, 4) is 0 Å². The molecule has 0 bridgehead atoms. The molecule has 15 heavy (non-hydrogen) atoms. The number of hydrogen-bond donors (Lipinski definition) is 0. The molecule has 0 amide bonds. The van der Waals surface area contributed by atoms with Gasteiger partial charge in [-0.25, -0.2) is 4.98 Å². The maximum absolute atomic E-state index is 11.1. The van der Waals surface area contributed by atoms with Crippen LogP contribution in [0.25, 0.3) is 5.65 Å². The molecular weight excluding hydrogens is 188 g/mol. The van der Waals surface area contributed by atoms with Crippen LogP contribution in [0, 0.1) is 13.8 Å². The van der Waals surface area contributed by atoms with Gasteiger partial charge in [-0.15, -0.1) is 0 Å². The Morgan fingerprint density at radius 2 is 2.20 bits per heavy atom. The van der Waals surface area contributed by atoms with E-state index < -0.39 is 0 Å². The highest BCUT2D eigenvalue weighted by molar-refractivity contribution is 5.78. The average molecular weight is 202 g/mol. The summed E-state index contributed by atoms with van der Waals surface area (Å²) >= 11 is 0. The number of pyridine rings is 1. The summed E-state index contributed by atoms with van der Waals surface area (Å²) in [5, 5.41) is 0. The van der Waals surface area contributed by atoms with Crippen molar-refractivity contribution in [1.29, 1.82) is 0 Å². The van der Waals surface area contributed by atoms with Crippen LogP contribution < -0.4 is 0 Å². The van der Waals surface area contributed by atoms with Crippen LogP contribution in [-0.4, -0.2) is 15.2 Å². The van der Waals surface area contributed by atoms with Crippen molar-refractivity contribution in [3.63, 3.8) is 0 Å². The van der Waals surface area contributed by atoms with Crippen molar-refractivity contribution >= 4 is 11.4 Å². The third-order valence-electron chi connectivity index (χ3n) is 2.53. The molecule has 2 rings (SSSR count). The molecule has 0 aliphatic heterocycles. The molecule has 0 radical (unpaired) electrons. The Balaban J connectivity index is 2.58. The topological polar surface area (TPSA) is 34.4 Å². The Morgan fingerprint density at radius 3 is 2.87 bits per heavy atom. The largest absolute Gasteiger partial charge is 0.304 e. The van der Waals surface area contributed by atoms with Gasteiger partial charge in [0.2, 0.25) is 0 Å². The van der Waals surface area contributed by atoms with E-state index in [0.717, 1.165) is 17.0 Å². The summed E-state index contributed by atoms with van der Waals surface area (Å²) in [7, 11) is 0. The maximum Gasteiger partial charge on any atom is 0.137 e. The molecule has 2 heterocycles. The van der Waals surface area contributed by atoms with Crippen LogP contribution in [0.4, 0.5) is 0 Å². The molecule has 0 aromatic carbocycles. The van der Waals surface area contributed by atoms with E-state index in [4.69, 9.17) is 0 Å². The van der Waals surface area contributed by atoms with Gasteiger partial charge in [0, 0.05) is 11.9 Å². The molecule has 0 atom stereocenters. The van der Waals surface area contributed by atoms with Gasteiger partial charge in [-0.1, -0.05) is 0 Å². The summed E-state index contributed by atoms with van der Waals surface area (Å²) in [6.07, 6.45) is 2.42. The number of carbonyl (C=O) groups is 1. The molecule has 0 aliphatic rings. The van der Waals surface area contributed by atoms with Gasteiger partial charge in [-0.05, 0) is 38.5 Å². The highest BCUT2D eigenvalue weighted by atomic mass is 16.1. The number of rotatable bonds is 2. The normalized spacial score (nSPS) is 10.9. The number of nitrogens with zero attached hydrogens (tertiary/aromatic N) is 2. The first-order valence-corrected chi connectivity index (χ1v) is 5.01. The number of Topliss-reactive ketones (excluding diaryl/α,β-unsaturated/α-hetero) is 1. The van der Waals surface area contributed by atoms with Crippen LogP contribution in [0.2, 0.25) is 0 Å². The number of carbonyl (C=O) groups excluding carboxylic acids is 1. The minimum atomic E-state index is 0.151. The van der Waals surface area contributed by atoms with E-state index in [-0.39, 0.29) is 5.78 Å². The van der Waals surface area contributed by atoms with E-state index in [9.17, 15) is 4.79 Å². The van der Waals surface area contributed by atoms with Crippen LogP contribution in [-0.2, 0) is 11.2 Å². The monoisotopic (exact) mass is 202 g/mol. The number of aromatic nitrogens is 2. The Kier molecular flexibility index (Phi) is 2.31. The molecule has 0 N–H and O–H groups in total. The third kappa shape index (κ3) is 1.77. The summed E-state index contributed by atoms with van der Waals surface area (Å²) in [5.41, 5.74) is 4.04. The Bertz CT molecular complexity index is 526. The minimum Gasteiger partial charge on any atom is -0.304 e. The van der Waals surface area contributed by atoms with Crippen molar-refractivity contribution in [2.45, 2.75) is 27.2 Å². The van der Waals surface area contributed by atoms with Gasteiger partial charge in [0.1, 0.15) is 11.4 Å². The average Bonchev–Trinajstić information content (AvgIpc) is 2.42. The molecule has 0 spiro atoms. The quantitative estimate of drug-likeness (QED) is 0.747. The van der Waals surface area contributed by atoms with E-state index in [1.807, 2.05) is 36.6 Å². The Hall–Kier alpha value is -1.64. The van der Waals surface area contributed by atoms with Gasteiger partial charge in [0.05, 0.1) is 12.1 Å². The fourth-order valence-electron chi connectivity index (χ4n) is 1.72. The van der Waals surface area contributed by atoms with Gasteiger partial charge < -0.3 is 4.40 Å². The van der Waals surface area contributed by atoms with E-state index >= 15 is 0 Å². The lowest BCUT2D eigenvalue weighted by atomic mass is 10.2. The number of ketones is 1. The number of fused-ring (bicyclic) bond motifs is 1. The van der Waals surface area contributed by atoms with Gasteiger partial charge >= 0.3 is 0 Å². The predicted molar refractivity (Wildman–Crippen MR) is 59.1 cm³/mol. The molecular formula is C12H14N2O. The van der Waals surface area contributed by atoms with Crippen LogP contribution in [0.5, 0.6) is 0 Å². The van der Waals surface area contributed by atoms with Crippen molar-refractivity contribution in [2.75, 3.05) is 0 Å². The minimum absolute atomic E-state index is 0.151. The lowest BCUT2D eigenvalue weighted by molar-refractivity contribution is -0.116. The smallest absolute Gasteiger partial charge is 0.137 e. The second kappa shape index (κ2) is 3.50. The number of hydrogen-bond acceptors (Lipinski definition) is 2. The van der Waals surface area contributed by atoms with Crippen LogP contribution in [0.3, 0.4) is 0 Å². The molecule has 0 aliphatic carbocycles. The zero-order valence-corrected chi connectivity index (χ0v) is 9.24. The maximum atomic E-state index is 11.1. The van der Waals surface area contributed by atoms with E-state index in [1.54, 1.807) is 6.92 Å². The molecule has 2 aromatic rings. The summed E-state index contributed by atoms with van der Waals surface area (Å²) in [5.74, 6) is 0.151. The lowest BCUT2D eigenvalue weighted by Gasteiger charge is -1.97. The molecule has 3 heteroatoms. The number of imidazole rings is 1. The SMILES string of the molecule is CC(=O)Cc1nc2cc(C)ccn2c1C. The van der Waals surface area contributed by atoms with Crippen molar-refractivity contribution in [3.05, 3.63) is 35.3 Å². The lowest BCUT2D eigenvalue weighted by Crippen LogP contribution is -1.98. The summed E-state index contributed by atoms with van der Waals surface area (Å²) in [6, 6.07) is 4.07. The fourth-order valence-corrected chi connectivity index (χ4v) is 1.72. The standard InChI is InChI=1S/C12H14N2O/c1-8-4-5-14-10(3)11(7-9(2)15)13-12(14)6-8/h4-6H,7H2,1-3H3. The van der Waals surface area contributed by atoms with Crippen LogP contribution >= 0.6 is 0 Å². The molecule has 3 nitrogen and oxygen atoms in total. The van der Waals surface area contributed by atoms with E-state index in [1.165, 1.54) is 5.56 Å². The van der Waals surface area contributed by atoms with E-state index in [0.29, 0.717) is 6.42 Å². The Morgan fingerprint density at radius 1 is 1.47 bits per heavy atom. The summed E-state index contributed by atoms with van der Waals surface area (Å²) < 4.78 is 2.02. The highest BCUT2D eigenvalue weighted by Gasteiger charge is 2.09. The third-order valence-corrected chi connectivity index (χ3v) is 2.53. The van der Waals surface area contributed by atoms with Crippen LogP contribution in [0.15, 0.2) is 18.3 Å². The zero-order chi connectivity index (χ0) is 11.0. The Labute approximate surface area is 88.8 Å². The first-order valence-electron chi connectivity index (χ1n) is 5.01. The molecule has 0 fully saturated rings. The second-order valence-corrected chi connectivity index (χ2v) is 3.95. The van der Waals surface area contributed by atoms with Gasteiger partial charge in [0.25, 0.3) is 0 Å². The predicted octanol–water partition coefficient (Wildman–Crippen LogP) is 2.08. The summed E-state index contributed by atoms with van der Waals surface area (Å²) in [4.78, 5) is 15.5. The van der Waals surface area contributed by atoms with Crippen molar-refractivity contribution in [2.24, 2.45) is 0 Å². The first-order chi connectivity index (χ1) is 7.08. The van der Waals surface area contributed by atoms with Crippen LogP contribution in [0.1, 0.15) is 23.9 Å². The second-order valence-electron chi connectivity index (χ2n) is 3.95. The molecule has 0 saturated carbocycles. The van der Waals surface area contributed by atoms with Crippen molar-refractivity contribution < 1.29 is 4.79 Å². The number of aryl methyl sites for hydroxylation is 2. The van der Waals surface area contributed by atoms with Gasteiger partial charge in [0.15, 0.2) is 0 Å². The molecule has 0 saturated heterocycles. The molecule has 2 aromatic heterocycles. The van der Waals surface area contributed by atoms with Crippen molar-refractivity contribution in [1.82, 2.24) is 9.38 Å². The van der Waals surface area contributed by atoms with Gasteiger partial charge in [-0.3, -0.25) is 4.79 Å². The molecule has 0 unspecified atom stereocenters. The molecule has 78 valence electrons. The fraction of sp³-hybridized carbons (Fsp3) is 0.333. The van der Waals surface area contributed by atoms with E-state index in [2.05, 4.69) is 4.98 Å². The zero-order valence-electron chi connectivity index (χ0n) is 9.24.